The maximum absolute atomic E-state index is 12.4. The highest BCUT2D eigenvalue weighted by atomic mass is 19.4. The zero-order valence-electron chi connectivity index (χ0n) is 9.54. The molecular weight excluding hydrogens is 241 g/mol. The summed E-state index contributed by atoms with van der Waals surface area (Å²) < 4.78 is 37.3. The van der Waals surface area contributed by atoms with Crippen molar-refractivity contribution in [1.82, 2.24) is 0 Å². The molecule has 0 aromatic heterocycles. The molecule has 18 heavy (non-hydrogen) atoms. The van der Waals surface area contributed by atoms with Gasteiger partial charge in [0.05, 0.1) is 11.2 Å². The molecule has 1 aliphatic rings. The van der Waals surface area contributed by atoms with Crippen LogP contribution in [0.15, 0.2) is 42.5 Å². The van der Waals surface area contributed by atoms with E-state index in [0.717, 1.165) is 12.1 Å². The number of alkyl halides is 3. The Bertz CT molecular complexity index is 496. The molecule has 0 unspecified atom stereocenters. The van der Waals surface area contributed by atoms with E-state index >= 15 is 0 Å². The van der Waals surface area contributed by atoms with Crippen molar-refractivity contribution in [2.24, 2.45) is 11.5 Å². The van der Waals surface area contributed by atoms with Crippen molar-refractivity contribution in [3.8, 4) is 0 Å². The summed E-state index contributed by atoms with van der Waals surface area (Å²) in [7, 11) is 0. The SMILES string of the molecule is NC1(N)CC=CC=C1c1ccc(C(F)(F)F)cc1. The molecule has 2 rings (SSSR count). The summed E-state index contributed by atoms with van der Waals surface area (Å²) in [5.74, 6) is 0. The highest BCUT2D eigenvalue weighted by molar-refractivity contribution is 5.75. The first kappa shape index (κ1) is 12.9. The maximum Gasteiger partial charge on any atom is 0.416 e. The molecule has 0 atom stereocenters. The summed E-state index contributed by atoms with van der Waals surface area (Å²) in [5, 5.41) is 0. The first-order valence-electron chi connectivity index (χ1n) is 5.43. The standard InChI is InChI=1S/C13H13F3N2/c14-13(15,16)10-6-4-9(5-7-10)11-3-1-2-8-12(11,17)18/h1-7H,8,17-18H2. The topological polar surface area (TPSA) is 52.0 Å². The van der Waals surface area contributed by atoms with Crippen molar-refractivity contribution in [3.05, 3.63) is 53.6 Å². The molecule has 0 saturated heterocycles. The first-order chi connectivity index (χ1) is 8.31. The molecular formula is C13H13F3N2. The third-order valence-corrected chi connectivity index (χ3v) is 2.88. The van der Waals surface area contributed by atoms with Gasteiger partial charge in [0, 0.05) is 6.42 Å². The van der Waals surface area contributed by atoms with E-state index in [0.29, 0.717) is 17.6 Å². The summed E-state index contributed by atoms with van der Waals surface area (Å²) >= 11 is 0. The summed E-state index contributed by atoms with van der Waals surface area (Å²) in [5.41, 5.74) is 11.4. The molecule has 1 aromatic rings. The van der Waals surface area contributed by atoms with Crippen molar-refractivity contribution in [1.29, 1.82) is 0 Å². The maximum atomic E-state index is 12.4. The van der Waals surface area contributed by atoms with Crippen molar-refractivity contribution in [3.63, 3.8) is 0 Å². The highest BCUT2D eigenvalue weighted by Gasteiger charge is 2.31. The van der Waals surface area contributed by atoms with Crippen molar-refractivity contribution in [2.45, 2.75) is 18.3 Å². The lowest BCUT2D eigenvalue weighted by molar-refractivity contribution is -0.137. The second-order valence-corrected chi connectivity index (χ2v) is 4.33. The number of nitrogens with two attached hydrogens (primary N) is 2. The minimum absolute atomic E-state index is 0.458. The van der Waals surface area contributed by atoms with E-state index in [1.165, 1.54) is 12.1 Å². The Labute approximate surface area is 103 Å². The number of hydrogen-bond donors (Lipinski definition) is 2. The Hall–Kier alpha value is -1.59. The first-order valence-corrected chi connectivity index (χ1v) is 5.43. The van der Waals surface area contributed by atoms with Crippen LogP contribution in [0.5, 0.6) is 0 Å². The van der Waals surface area contributed by atoms with E-state index in [1.54, 1.807) is 12.2 Å². The molecule has 5 heteroatoms. The fraction of sp³-hybridized carbons (Fsp3) is 0.231. The Kier molecular flexibility index (Phi) is 3.04. The summed E-state index contributed by atoms with van der Waals surface area (Å²) in [6.07, 6.45) is 1.48. The Morgan fingerprint density at radius 1 is 1.06 bits per heavy atom. The number of benzene rings is 1. The summed E-state index contributed by atoms with van der Waals surface area (Å²) in [6, 6.07) is 4.85. The molecule has 0 heterocycles. The van der Waals surface area contributed by atoms with E-state index in [4.69, 9.17) is 11.5 Å². The second-order valence-electron chi connectivity index (χ2n) is 4.33. The van der Waals surface area contributed by atoms with Crippen LogP contribution in [0, 0.1) is 0 Å². The third-order valence-electron chi connectivity index (χ3n) is 2.88. The predicted molar refractivity (Wildman–Crippen MR) is 64.3 cm³/mol. The number of allylic oxidation sites excluding steroid dienone is 2. The molecule has 0 aliphatic heterocycles. The molecule has 0 spiro atoms. The van der Waals surface area contributed by atoms with Gasteiger partial charge in [-0.25, -0.2) is 0 Å². The molecule has 0 amide bonds. The Balaban J connectivity index is 2.36. The van der Waals surface area contributed by atoms with Crippen LogP contribution in [-0.4, -0.2) is 5.66 Å². The molecule has 4 N–H and O–H groups in total. The van der Waals surface area contributed by atoms with Gasteiger partial charge in [-0.3, -0.25) is 0 Å². The fourth-order valence-corrected chi connectivity index (χ4v) is 1.90. The van der Waals surface area contributed by atoms with Gasteiger partial charge in [0.25, 0.3) is 0 Å². The number of halogens is 3. The van der Waals surface area contributed by atoms with Gasteiger partial charge in [0.2, 0.25) is 0 Å². The van der Waals surface area contributed by atoms with Crippen molar-refractivity contribution in [2.75, 3.05) is 0 Å². The average molecular weight is 254 g/mol. The zero-order valence-corrected chi connectivity index (χ0v) is 9.54. The lowest BCUT2D eigenvalue weighted by Gasteiger charge is -2.29. The lowest BCUT2D eigenvalue weighted by atomic mass is 9.87. The van der Waals surface area contributed by atoms with Crippen LogP contribution in [0.4, 0.5) is 13.2 Å². The van der Waals surface area contributed by atoms with Crippen LogP contribution in [0.3, 0.4) is 0 Å². The van der Waals surface area contributed by atoms with E-state index in [2.05, 4.69) is 0 Å². The average Bonchev–Trinajstić information content (AvgIpc) is 2.27. The molecule has 0 fully saturated rings. The number of hydrogen-bond acceptors (Lipinski definition) is 2. The molecule has 1 aromatic carbocycles. The fourth-order valence-electron chi connectivity index (χ4n) is 1.90. The van der Waals surface area contributed by atoms with Gasteiger partial charge in [-0.15, -0.1) is 0 Å². The zero-order chi connectivity index (χ0) is 13.4. The van der Waals surface area contributed by atoms with E-state index in [-0.39, 0.29) is 0 Å². The minimum atomic E-state index is -4.33. The molecule has 0 saturated carbocycles. The molecule has 1 aliphatic carbocycles. The van der Waals surface area contributed by atoms with Crippen LogP contribution in [0.25, 0.3) is 5.57 Å². The third kappa shape index (κ3) is 2.47. The van der Waals surface area contributed by atoms with Crippen LogP contribution >= 0.6 is 0 Å². The van der Waals surface area contributed by atoms with Crippen LogP contribution in [0.2, 0.25) is 0 Å². The van der Waals surface area contributed by atoms with Gasteiger partial charge in [-0.2, -0.15) is 13.2 Å². The van der Waals surface area contributed by atoms with Gasteiger partial charge in [0.1, 0.15) is 0 Å². The second kappa shape index (κ2) is 4.26. The molecule has 2 nitrogen and oxygen atoms in total. The van der Waals surface area contributed by atoms with E-state index < -0.39 is 17.4 Å². The summed E-state index contributed by atoms with van der Waals surface area (Å²) in [4.78, 5) is 0. The van der Waals surface area contributed by atoms with Gasteiger partial charge in [0.15, 0.2) is 0 Å². The van der Waals surface area contributed by atoms with Gasteiger partial charge in [-0.1, -0.05) is 30.4 Å². The number of rotatable bonds is 1. The summed E-state index contributed by atoms with van der Waals surface area (Å²) in [6.45, 7) is 0. The Morgan fingerprint density at radius 2 is 1.67 bits per heavy atom. The van der Waals surface area contributed by atoms with Crippen molar-refractivity contribution < 1.29 is 13.2 Å². The smallest absolute Gasteiger partial charge is 0.309 e. The monoisotopic (exact) mass is 254 g/mol. The minimum Gasteiger partial charge on any atom is -0.309 e. The largest absolute Gasteiger partial charge is 0.416 e. The Morgan fingerprint density at radius 3 is 2.17 bits per heavy atom. The normalized spacial score (nSPS) is 18.6. The van der Waals surface area contributed by atoms with Crippen molar-refractivity contribution >= 4 is 5.57 Å². The lowest BCUT2D eigenvalue weighted by Crippen LogP contribution is -2.50. The van der Waals surface area contributed by atoms with Gasteiger partial charge in [-0.05, 0) is 23.3 Å². The highest BCUT2D eigenvalue weighted by Crippen LogP contribution is 2.32. The van der Waals surface area contributed by atoms with Gasteiger partial charge >= 0.3 is 6.18 Å². The van der Waals surface area contributed by atoms with Crippen LogP contribution in [0.1, 0.15) is 17.5 Å². The molecule has 0 radical (unpaired) electrons. The van der Waals surface area contributed by atoms with Crippen LogP contribution < -0.4 is 11.5 Å². The quantitative estimate of drug-likeness (QED) is 0.757. The van der Waals surface area contributed by atoms with Gasteiger partial charge < -0.3 is 11.5 Å². The van der Waals surface area contributed by atoms with E-state index in [1.807, 2.05) is 6.08 Å². The molecule has 96 valence electrons. The van der Waals surface area contributed by atoms with Crippen LogP contribution in [-0.2, 0) is 6.18 Å². The molecule has 0 bridgehead atoms. The predicted octanol–water partition coefficient (Wildman–Crippen LogP) is 2.66. The van der Waals surface area contributed by atoms with E-state index in [9.17, 15) is 13.2 Å².